The van der Waals surface area contributed by atoms with Gasteiger partial charge in [0.05, 0.1) is 12.6 Å². The lowest BCUT2D eigenvalue weighted by Crippen LogP contribution is -2.25. The molecule has 0 aliphatic rings. The van der Waals surface area contributed by atoms with Crippen molar-refractivity contribution in [3.8, 4) is 0 Å². The molecule has 16 heavy (non-hydrogen) atoms. The highest BCUT2D eigenvalue weighted by atomic mass is 16.5. The molecule has 2 nitrogen and oxygen atoms in total. The molecule has 0 aliphatic heterocycles. The Morgan fingerprint density at radius 3 is 2.69 bits per heavy atom. The van der Waals surface area contributed by atoms with Crippen LogP contribution in [0.3, 0.4) is 0 Å². The van der Waals surface area contributed by atoms with E-state index in [0.717, 1.165) is 26.2 Å². The molecule has 0 fully saturated rings. The smallest absolute Gasteiger partial charge is 0.0661 e. The van der Waals surface area contributed by atoms with Gasteiger partial charge >= 0.3 is 0 Å². The summed E-state index contributed by atoms with van der Waals surface area (Å²) < 4.78 is 5.51. The third-order valence-electron chi connectivity index (χ3n) is 2.70. The maximum Gasteiger partial charge on any atom is 0.0661 e. The first-order valence-electron chi connectivity index (χ1n) is 6.21. The molecule has 1 N–H and O–H groups in total. The molecule has 1 atom stereocenters. The molecule has 0 saturated carbocycles. The fourth-order valence-electron chi connectivity index (χ4n) is 1.78. The summed E-state index contributed by atoms with van der Waals surface area (Å²) in [7, 11) is 0. The van der Waals surface area contributed by atoms with E-state index in [1.807, 2.05) is 6.92 Å². The average molecular weight is 221 g/mol. The van der Waals surface area contributed by atoms with E-state index in [-0.39, 0.29) is 0 Å². The quantitative estimate of drug-likeness (QED) is 0.764. The number of hydrogen-bond acceptors (Lipinski definition) is 2. The van der Waals surface area contributed by atoms with Crippen molar-refractivity contribution in [2.45, 2.75) is 33.2 Å². The summed E-state index contributed by atoms with van der Waals surface area (Å²) >= 11 is 0. The van der Waals surface area contributed by atoms with Crippen LogP contribution in [0.1, 0.15) is 37.9 Å². The number of ether oxygens (including phenoxy) is 1. The van der Waals surface area contributed by atoms with Gasteiger partial charge in [-0.1, -0.05) is 38.1 Å². The zero-order valence-electron chi connectivity index (χ0n) is 10.6. The van der Waals surface area contributed by atoms with Gasteiger partial charge in [0, 0.05) is 6.61 Å². The number of aryl methyl sites for hydroxylation is 1. The minimum atomic E-state index is 0.316. The van der Waals surface area contributed by atoms with Crippen LogP contribution in [0.4, 0.5) is 0 Å². The van der Waals surface area contributed by atoms with Crippen LogP contribution in [-0.4, -0.2) is 19.8 Å². The van der Waals surface area contributed by atoms with Gasteiger partial charge in [-0.15, -0.1) is 0 Å². The largest absolute Gasteiger partial charge is 0.380 e. The van der Waals surface area contributed by atoms with E-state index in [9.17, 15) is 0 Å². The van der Waals surface area contributed by atoms with Crippen LogP contribution in [0.2, 0.25) is 0 Å². The van der Waals surface area contributed by atoms with Gasteiger partial charge in [-0.2, -0.15) is 0 Å². The zero-order valence-corrected chi connectivity index (χ0v) is 10.6. The maximum atomic E-state index is 5.51. The van der Waals surface area contributed by atoms with E-state index in [1.54, 1.807) is 0 Å². The summed E-state index contributed by atoms with van der Waals surface area (Å²) in [5.41, 5.74) is 2.71. The first-order chi connectivity index (χ1) is 7.81. The Morgan fingerprint density at radius 2 is 2.06 bits per heavy atom. The molecule has 0 heterocycles. The summed E-state index contributed by atoms with van der Waals surface area (Å²) in [4.78, 5) is 0. The van der Waals surface area contributed by atoms with E-state index < -0.39 is 0 Å². The fraction of sp³-hybridized carbons (Fsp3) is 0.571. The Bertz CT molecular complexity index is 299. The highest BCUT2D eigenvalue weighted by Crippen LogP contribution is 2.15. The summed E-state index contributed by atoms with van der Waals surface area (Å²) in [6.07, 6.45) is 1.08. The number of hydrogen-bond donors (Lipinski definition) is 1. The van der Waals surface area contributed by atoms with Crippen LogP contribution in [0.25, 0.3) is 0 Å². The molecular weight excluding hydrogens is 198 g/mol. The molecule has 0 aromatic heterocycles. The van der Waals surface area contributed by atoms with Crippen LogP contribution in [-0.2, 0) is 11.2 Å². The SMILES string of the molecule is CCNC(COCC)c1cccc(CC)c1. The van der Waals surface area contributed by atoms with Crippen molar-refractivity contribution in [1.29, 1.82) is 0 Å². The van der Waals surface area contributed by atoms with E-state index in [0.29, 0.717) is 6.04 Å². The third kappa shape index (κ3) is 3.95. The maximum absolute atomic E-state index is 5.51. The Morgan fingerprint density at radius 1 is 1.25 bits per heavy atom. The first kappa shape index (κ1) is 13.2. The van der Waals surface area contributed by atoms with E-state index in [1.165, 1.54) is 11.1 Å². The van der Waals surface area contributed by atoms with Crippen LogP contribution >= 0.6 is 0 Å². The van der Waals surface area contributed by atoms with Gasteiger partial charge in [0.25, 0.3) is 0 Å². The first-order valence-corrected chi connectivity index (χ1v) is 6.21. The monoisotopic (exact) mass is 221 g/mol. The van der Waals surface area contributed by atoms with Crippen molar-refractivity contribution in [3.05, 3.63) is 35.4 Å². The molecule has 0 amide bonds. The van der Waals surface area contributed by atoms with Gasteiger partial charge in [0.2, 0.25) is 0 Å². The van der Waals surface area contributed by atoms with E-state index in [4.69, 9.17) is 4.74 Å². The highest BCUT2D eigenvalue weighted by molar-refractivity contribution is 5.26. The van der Waals surface area contributed by atoms with Crippen molar-refractivity contribution in [3.63, 3.8) is 0 Å². The van der Waals surface area contributed by atoms with Gasteiger partial charge in [-0.25, -0.2) is 0 Å². The van der Waals surface area contributed by atoms with Crippen molar-refractivity contribution in [1.82, 2.24) is 5.32 Å². The Labute approximate surface area is 99.0 Å². The predicted molar refractivity (Wildman–Crippen MR) is 68.7 cm³/mol. The zero-order chi connectivity index (χ0) is 11.8. The number of rotatable bonds is 7. The number of likely N-dealkylation sites (N-methyl/N-ethyl adjacent to an activating group) is 1. The van der Waals surface area contributed by atoms with Gasteiger partial charge in [0.1, 0.15) is 0 Å². The van der Waals surface area contributed by atoms with E-state index in [2.05, 4.69) is 43.4 Å². The van der Waals surface area contributed by atoms with Gasteiger partial charge in [-0.05, 0) is 31.0 Å². The number of benzene rings is 1. The average Bonchev–Trinajstić information content (AvgIpc) is 2.34. The normalized spacial score (nSPS) is 12.7. The highest BCUT2D eigenvalue weighted by Gasteiger charge is 2.10. The molecule has 0 spiro atoms. The molecule has 90 valence electrons. The summed E-state index contributed by atoms with van der Waals surface area (Å²) in [6.45, 7) is 8.83. The van der Waals surface area contributed by atoms with Crippen LogP contribution in [0.15, 0.2) is 24.3 Å². The minimum Gasteiger partial charge on any atom is -0.380 e. The molecule has 1 rings (SSSR count). The molecule has 0 bridgehead atoms. The standard InChI is InChI=1S/C14H23NO/c1-4-12-8-7-9-13(10-12)14(15-5-2)11-16-6-3/h7-10,14-15H,4-6,11H2,1-3H3. The van der Waals surface area contributed by atoms with E-state index >= 15 is 0 Å². The molecule has 1 unspecified atom stereocenters. The molecular formula is C14H23NO. The van der Waals surface area contributed by atoms with Crippen molar-refractivity contribution < 1.29 is 4.74 Å². The lowest BCUT2D eigenvalue weighted by atomic mass is 10.0. The molecule has 2 heteroatoms. The number of nitrogens with one attached hydrogen (secondary N) is 1. The second-order valence-corrected chi connectivity index (χ2v) is 3.87. The Hall–Kier alpha value is -0.860. The second-order valence-electron chi connectivity index (χ2n) is 3.87. The molecule has 1 aromatic rings. The Kier molecular flexibility index (Phi) is 6.12. The van der Waals surface area contributed by atoms with Crippen molar-refractivity contribution in [2.24, 2.45) is 0 Å². The molecule has 1 aromatic carbocycles. The second kappa shape index (κ2) is 7.42. The van der Waals surface area contributed by atoms with Crippen LogP contribution in [0.5, 0.6) is 0 Å². The van der Waals surface area contributed by atoms with Crippen molar-refractivity contribution >= 4 is 0 Å². The lowest BCUT2D eigenvalue weighted by Gasteiger charge is -2.18. The third-order valence-corrected chi connectivity index (χ3v) is 2.70. The topological polar surface area (TPSA) is 21.3 Å². The Balaban J connectivity index is 2.73. The summed E-state index contributed by atoms with van der Waals surface area (Å²) in [6, 6.07) is 9.06. The predicted octanol–water partition coefficient (Wildman–Crippen LogP) is 2.94. The molecule has 0 saturated heterocycles. The molecule has 0 aliphatic carbocycles. The fourth-order valence-corrected chi connectivity index (χ4v) is 1.78. The van der Waals surface area contributed by atoms with Crippen LogP contribution < -0.4 is 5.32 Å². The van der Waals surface area contributed by atoms with Gasteiger partial charge < -0.3 is 10.1 Å². The van der Waals surface area contributed by atoms with Crippen LogP contribution in [0, 0.1) is 0 Å². The van der Waals surface area contributed by atoms with Gasteiger partial charge in [0.15, 0.2) is 0 Å². The molecule has 0 radical (unpaired) electrons. The minimum absolute atomic E-state index is 0.316. The van der Waals surface area contributed by atoms with Gasteiger partial charge in [-0.3, -0.25) is 0 Å². The lowest BCUT2D eigenvalue weighted by molar-refractivity contribution is 0.123. The van der Waals surface area contributed by atoms with Crippen molar-refractivity contribution in [2.75, 3.05) is 19.8 Å². The summed E-state index contributed by atoms with van der Waals surface area (Å²) in [5.74, 6) is 0. The summed E-state index contributed by atoms with van der Waals surface area (Å²) in [5, 5.41) is 3.46.